The van der Waals surface area contributed by atoms with Gasteiger partial charge >= 0.3 is 0 Å². The monoisotopic (exact) mass is 214 g/mol. The number of allylic oxidation sites excluding steroid dienone is 1. The van der Waals surface area contributed by atoms with Crippen molar-refractivity contribution in [1.82, 2.24) is 0 Å². The highest BCUT2D eigenvalue weighted by Crippen LogP contribution is 2.51. The maximum absolute atomic E-state index is 10.2. The predicted molar refractivity (Wildman–Crippen MR) is 65.4 cm³/mol. The molecule has 1 aromatic rings. The molecular weight excluding hydrogens is 196 g/mol. The van der Waals surface area contributed by atoms with Crippen LogP contribution in [0, 0.1) is 5.41 Å². The van der Waals surface area contributed by atoms with Crippen LogP contribution < -0.4 is 0 Å². The Labute approximate surface area is 96.8 Å². The van der Waals surface area contributed by atoms with Crippen LogP contribution >= 0.6 is 0 Å². The lowest BCUT2D eigenvalue weighted by Crippen LogP contribution is -2.42. The fourth-order valence-electron chi connectivity index (χ4n) is 3.35. The van der Waals surface area contributed by atoms with Crippen molar-refractivity contribution >= 4 is 0 Å². The molecule has 3 unspecified atom stereocenters. The molecule has 0 bridgehead atoms. The number of aliphatic hydroxyl groups excluding tert-OH is 1. The first kappa shape index (κ1) is 10.1. The zero-order chi connectivity index (χ0) is 11.2. The summed E-state index contributed by atoms with van der Waals surface area (Å²) in [6.45, 7) is 2.24. The molecule has 0 saturated carbocycles. The highest BCUT2D eigenvalue weighted by molar-refractivity contribution is 5.37. The molecule has 0 aliphatic heterocycles. The van der Waals surface area contributed by atoms with Crippen molar-refractivity contribution in [3.8, 4) is 0 Å². The van der Waals surface area contributed by atoms with Gasteiger partial charge in [0, 0.05) is 5.41 Å². The van der Waals surface area contributed by atoms with Gasteiger partial charge in [0.25, 0.3) is 0 Å². The minimum Gasteiger partial charge on any atom is -0.388 e. The number of aryl methyl sites for hydroxylation is 1. The summed E-state index contributed by atoms with van der Waals surface area (Å²) in [5.41, 5.74) is 2.98. The molecule has 3 atom stereocenters. The molecule has 1 aromatic carbocycles. The molecular formula is C15H18O. The Bertz CT molecular complexity index is 435. The van der Waals surface area contributed by atoms with Gasteiger partial charge in [-0.05, 0) is 36.3 Å². The molecule has 0 radical (unpaired) electrons. The van der Waals surface area contributed by atoms with Crippen molar-refractivity contribution in [1.29, 1.82) is 0 Å². The molecule has 16 heavy (non-hydrogen) atoms. The number of rotatable bonds is 0. The van der Waals surface area contributed by atoms with E-state index in [2.05, 4.69) is 37.3 Å². The van der Waals surface area contributed by atoms with Crippen LogP contribution in [0.25, 0.3) is 0 Å². The number of benzene rings is 1. The molecule has 1 nitrogen and oxygen atoms in total. The van der Waals surface area contributed by atoms with Crippen LogP contribution in [0.15, 0.2) is 36.4 Å². The highest BCUT2D eigenvalue weighted by atomic mass is 16.3. The van der Waals surface area contributed by atoms with Crippen LogP contribution in [0.3, 0.4) is 0 Å². The van der Waals surface area contributed by atoms with Crippen molar-refractivity contribution in [2.75, 3.05) is 0 Å². The van der Waals surface area contributed by atoms with Gasteiger partial charge in [-0.1, -0.05) is 43.3 Å². The predicted octanol–water partition coefficient (Wildman–Crippen LogP) is 3.04. The molecule has 2 aliphatic carbocycles. The van der Waals surface area contributed by atoms with Crippen LogP contribution in [0.2, 0.25) is 0 Å². The molecule has 84 valence electrons. The summed E-state index contributed by atoms with van der Waals surface area (Å²) in [6.07, 6.45) is 7.11. The Balaban J connectivity index is 2.11. The second kappa shape index (κ2) is 3.46. The topological polar surface area (TPSA) is 20.2 Å². The van der Waals surface area contributed by atoms with Gasteiger partial charge in [-0.15, -0.1) is 0 Å². The van der Waals surface area contributed by atoms with E-state index in [-0.39, 0.29) is 11.5 Å². The van der Waals surface area contributed by atoms with E-state index >= 15 is 0 Å². The van der Waals surface area contributed by atoms with Crippen molar-refractivity contribution in [3.63, 3.8) is 0 Å². The van der Waals surface area contributed by atoms with Gasteiger partial charge in [0.05, 0.1) is 6.10 Å². The first-order valence-electron chi connectivity index (χ1n) is 6.14. The SMILES string of the molecule is CC12CCc3ccccc3C1CC=CC2O. The molecule has 1 heteroatoms. The first-order valence-corrected chi connectivity index (χ1v) is 6.14. The van der Waals surface area contributed by atoms with Crippen LogP contribution in [0.5, 0.6) is 0 Å². The van der Waals surface area contributed by atoms with Gasteiger partial charge < -0.3 is 5.11 Å². The average molecular weight is 214 g/mol. The number of fused-ring (bicyclic) bond motifs is 3. The number of aliphatic hydroxyl groups is 1. The summed E-state index contributed by atoms with van der Waals surface area (Å²) >= 11 is 0. The number of hydrogen-bond acceptors (Lipinski definition) is 1. The van der Waals surface area contributed by atoms with E-state index in [1.807, 2.05) is 6.08 Å². The third kappa shape index (κ3) is 1.28. The Morgan fingerprint density at radius 3 is 3.00 bits per heavy atom. The Morgan fingerprint density at radius 2 is 2.12 bits per heavy atom. The minimum absolute atomic E-state index is 0.0447. The standard InChI is InChI=1S/C15H18O/c1-15-10-9-11-5-2-3-6-12(11)13(15)7-4-8-14(15)16/h2-6,8,13-14,16H,7,9-10H2,1H3. The summed E-state index contributed by atoms with van der Waals surface area (Å²) in [5.74, 6) is 0.498. The summed E-state index contributed by atoms with van der Waals surface area (Å²) < 4.78 is 0. The molecule has 2 aliphatic rings. The van der Waals surface area contributed by atoms with E-state index in [9.17, 15) is 5.11 Å². The van der Waals surface area contributed by atoms with Crippen molar-refractivity contribution < 1.29 is 5.11 Å². The zero-order valence-corrected chi connectivity index (χ0v) is 9.69. The van der Waals surface area contributed by atoms with E-state index < -0.39 is 0 Å². The van der Waals surface area contributed by atoms with Gasteiger partial charge in [-0.3, -0.25) is 0 Å². The lowest BCUT2D eigenvalue weighted by atomic mass is 9.59. The first-order chi connectivity index (χ1) is 7.72. The van der Waals surface area contributed by atoms with Crippen LogP contribution in [-0.4, -0.2) is 11.2 Å². The number of hydrogen-bond donors (Lipinski definition) is 1. The van der Waals surface area contributed by atoms with Gasteiger partial charge in [-0.25, -0.2) is 0 Å². The van der Waals surface area contributed by atoms with E-state index in [0.29, 0.717) is 5.92 Å². The van der Waals surface area contributed by atoms with Gasteiger partial charge in [0.1, 0.15) is 0 Å². The minimum atomic E-state index is -0.278. The van der Waals surface area contributed by atoms with Crippen LogP contribution in [-0.2, 0) is 6.42 Å². The second-order valence-corrected chi connectivity index (χ2v) is 5.37. The third-order valence-electron chi connectivity index (χ3n) is 4.53. The second-order valence-electron chi connectivity index (χ2n) is 5.37. The average Bonchev–Trinajstić information content (AvgIpc) is 2.31. The van der Waals surface area contributed by atoms with Crippen molar-refractivity contribution in [2.24, 2.45) is 5.41 Å². The lowest BCUT2D eigenvalue weighted by Gasteiger charge is -2.46. The zero-order valence-electron chi connectivity index (χ0n) is 9.69. The van der Waals surface area contributed by atoms with Gasteiger partial charge in [-0.2, -0.15) is 0 Å². The van der Waals surface area contributed by atoms with Gasteiger partial charge in [0.2, 0.25) is 0 Å². The van der Waals surface area contributed by atoms with E-state index in [4.69, 9.17) is 0 Å². The van der Waals surface area contributed by atoms with Gasteiger partial charge in [0.15, 0.2) is 0 Å². The maximum Gasteiger partial charge on any atom is 0.0780 e. The normalized spacial score (nSPS) is 36.6. The fourth-order valence-corrected chi connectivity index (χ4v) is 3.35. The summed E-state index contributed by atoms with van der Waals surface area (Å²) in [4.78, 5) is 0. The molecule has 1 N–H and O–H groups in total. The largest absolute Gasteiger partial charge is 0.388 e. The quantitative estimate of drug-likeness (QED) is 0.658. The molecule has 0 heterocycles. The molecule has 0 amide bonds. The maximum atomic E-state index is 10.2. The van der Waals surface area contributed by atoms with Crippen LogP contribution in [0.4, 0.5) is 0 Å². The Hall–Kier alpha value is -1.08. The highest BCUT2D eigenvalue weighted by Gasteiger charge is 2.44. The van der Waals surface area contributed by atoms with E-state index in [1.54, 1.807) is 0 Å². The Morgan fingerprint density at radius 1 is 1.31 bits per heavy atom. The van der Waals surface area contributed by atoms with Crippen molar-refractivity contribution in [2.45, 2.75) is 38.2 Å². The smallest absolute Gasteiger partial charge is 0.0780 e. The molecule has 0 spiro atoms. The summed E-state index contributed by atoms with van der Waals surface area (Å²) in [5, 5.41) is 10.2. The summed E-state index contributed by atoms with van der Waals surface area (Å²) in [7, 11) is 0. The molecule has 0 fully saturated rings. The molecule has 0 aromatic heterocycles. The summed E-state index contributed by atoms with van der Waals surface area (Å²) in [6, 6.07) is 8.72. The van der Waals surface area contributed by atoms with Crippen LogP contribution in [0.1, 0.15) is 36.8 Å². The van der Waals surface area contributed by atoms with E-state index in [0.717, 1.165) is 19.3 Å². The lowest BCUT2D eigenvalue weighted by molar-refractivity contribution is 0.0320. The molecule has 0 saturated heterocycles. The Kier molecular flexibility index (Phi) is 2.18. The fraction of sp³-hybridized carbons (Fsp3) is 0.467. The van der Waals surface area contributed by atoms with Crippen molar-refractivity contribution in [3.05, 3.63) is 47.5 Å². The third-order valence-corrected chi connectivity index (χ3v) is 4.53. The molecule has 3 rings (SSSR count). The van der Waals surface area contributed by atoms with E-state index in [1.165, 1.54) is 11.1 Å².